The normalized spacial score (nSPS) is 14.0. The van der Waals surface area contributed by atoms with Crippen molar-refractivity contribution in [3.63, 3.8) is 0 Å². The lowest BCUT2D eigenvalue weighted by molar-refractivity contribution is -0.122. The molecule has 0 bridgehead atoms. The van der Waals surface area contributed by atoms with Crippen LogP contribution in [0.15, 0.2) is 60.8 Å². The second-order valence-electron chi connectivity index (χ2n) is 12.9. The average molecular weight is 694 g/mol. The molecule has 0 aliphatic heterocycles. The third-order valence-corrected chi connectivity index (χ3v) is 8.71. The zero-order valence-electron chi connectivity index (χ0n) is 30.6. The zero-order chi connectivity index (χ0) is 35.4. The Morgan fingerprint density at radius 2 is 1.00 bits per heavy atom. The van der Waals surface area contributed by atoms with E-state index >= 15 is 0 Å². The first-order chi connectivity index (χ1) is 23.3. The van der Waals surface area contributed by atoms with Crippen LogP contribution in [-0.4, -0.2) is 39.6 Å². The standard InChI is InChI=1S/C40H72NO6P/c1-3-5-7-9-11-13-15-16-17-18-19-20-21-22-23-24-26-28-30-32-34-36-40(43)41-38(37-47-48(44,45)46)39(42)35-33-31-29-27-25-14-12-10-8-6-4-2/h17-18,20-21,23-24,28,30,33,35,38-39,42H,3-16,19,22,25-27,29,31-32,34,36-37H2,1-2H3,(H,41,43)(H2,44,45,46)/b18-17+,21-20+,24-23+,30-28+,35-33+/t38-,39+/m0/s1. The lowest BCUT2D eigenvalue weighted by Gasteiger charge is -2.22. The van der Waals surface area contributed by atoms with E-state index in [4.69, 9.17) is 9.79 Å². The molecule has 0 aromatic heterocycles. The van der Waals surface area contributed by atoms with Crippen molar-refractivity contribution in [1.82, 2.24) is 5.32 Å². The number of phosphoric ester groups is 1. The number of rotatable bonds is 34. The van der Waals surface area contributed by atoms with Crippen molar-refractivity contribution in [2.24, 2.45) is 0 Å². The van der Waals surface area contributed by atoms with Crippen molar-refractivity contribution >= 4 is 13.7 Å². The van der Waals surface area contributed by atoms with E-state index in [2.05, 4.69) is 72.3 Å². The molecule has 0 aromatic carbocycles. The number of allylic oxidation sites excluding steroid dienone is 9. The molecule has 4 N–H and O–H groups in total. The van der Waals surface area contributed by atoms with Crippen molar-refractivity contribution in [2.45, 2.75) is 180 Å². The van der Waals surface area contributed by atoms with Gasteiger partial charge in [0, 0.05) is 6.42 Å². The molecule has 48 heavy (non-hydrogen) atoms. The molecule has 2 atom stereocenters. The maximum Gasteiger partial charge on any atom is 0.469 e. The van der Waals surface area contributed by atoms with E-state index in [1.807, 2.05) is 6.08 Å². The molecule has 8 heteroatoms. The highest BCUT2D eigenvalue weighted by molar-refractivity contribution is 7.46. The van der Waals surface area contributed by atoms with Crippen LogP contribution in [0.2, 0.25) is 0 Å². The van der Waals surface area contributed by atoms with Crippen molar-refractivity contribution < 1.29 is 28.8 Å². The Morgan fingerprint density at radius 3 is 1.46 bits per heavy atom. The van der Waals surface area contributed by atoms with E-state index < -0.39 is 26.6 Å². The summed E-state index contributed by atoms with van der Waals surface area (Å²) in [4.78, 5) is 30.7. The Balaban J connectivity index is 4.13. The molecule has 0 heterocycles. The van der Waals surface area contributed by atoms with Gasteiger partial charge in [-0.2, -0.15) is 0 Å². The molecule has 0 aromatic rings. The van der Waals surface area contributed by atoms with E-state index in [0.717, 1.165) is 44.9 Å². The quantitative estimate of drug-likeness (QED) is 0.0303. The van der Waals surface area contributed by atoms with Crippen molar-refractivity contribution in [3.8, 4) is 0 Å². The first-order valence-electron chi connectivity index (χ1n) is 19.2. The molecule has 0 fully saturated rings. The highest BCUT2D eigenvalue weighted by atomic mass is 31.2. The maximum atomic E-state index is 12.5. The van der Waals surface area contributed by atoms with Crippen LogP contribution < -0.4 is 5.32 Å². The molecule has 278 valence electrons. The highest BCUT2D eigenvalue weighted by Gasteiger charge is 2.24. The van der Waals surface area contributed by atoms with Crippen LogP contribution in [0.25, 0.3) is 0 Å². The highest BCUT2D eigenvalue weighted by Crippen LogP contribution is 2.35. The third kappa shape index (κ3) is 35.5. The van der Waals surface area contributed by atoms with Crippen LogP contribution in [0, 0.1) is 0 Å². The fraction of sp³-hybridized carbons (Fsp3) is 0.725. The Labute approximate surface area is 294 Å². The van der Waals surface area contributed by atoms with Crippen LogP contribution in [0.4, 0.5) is 0 Å². The molecule has 0 saturated carbocycles. The van der Waals surface area contributed by atoms with Gasteiger partial charge in [-0.15, -0.1) is 0 Å². The zero-order valence-corrected chi connectivity index (χ0v) is 31.5. The average Bonchev–Trinajstić information content (AvgIpc) is 3.05. The maximum absolute atomic E-state index is 12.5. The van der Waals surface area contributed by atoms with Crippen LogP contribution >= 0.6 is 7.82 Å². The van der Waals surface area contributed by atoms with Crippen molar-refractivity contribution in [1.29, 1.82) is 0 Å². The first-order valence-corrected chi connectivity index (χ1v) is 20.8. The second kappa shape index (κ2) is 35.1. The number of nitrogens with one attached hydrogen (secondary N) is 1. The fourth-order valence-corrected chi connectivity index (χ4v) is 5.63. The van der Waals surface area contributed by atoms with Gasteiger partial charge >= 0.3 is 7.82 Å². The van der Waals surface area contributed by atoms with E-state index in [-0.39, 0.29) is 12.3 Å². The second-order valence-corrected chi connectivity index (χ2v) is 14.1. The van der Waals surface area contributed by atoms with Gasteiger partial charge in [-0.05, 0) is 57.8 Å². The number of unbranched alkanes of at least 4 members (excludes halogenated alkanes) is 17. The minimum absolute atomic E-state index is 0.250. The van der Waals surface area contributed by atoms with E-state index in [9.17, 15) is 14.5 Å². The summed E-state index contributed by atoms with van der Waals surface area (Å²) >= 11 is 0. The van der Waals surface area contributed by atoms with E-state index in [1.165, 1.54) is 96.3 Å². The summed E-state index contributed by atoms with van der Waals surface area (Å²) in [5.41, 5.74) is 0. The summed E-state index contributed by atoms with van der Waals surface area (Å²) < 4.78 is 15.8. The number of hydrogen-bond acceptors (Lipinski definition) is 4. The van der Waals surface area contributed by atoms with Gasteiger partial charge in [0.1, 0.15) is 0 Å². The minimum atomic E-state index is -4.73. The van der Waals surface area contributed by atoms with Gasteiger partial charge in [0.2, 0.25) is 5.91 Å². The van der Waals surface area contributed by atoms with Crippen molar-refractivity contribution in [2.75, 3.05) is 6.61 Å². The molecule has 0 radical (unpaired) electrons. The topological polar surface area (TPSA) is 116 Å². The molecule has 0 unspecified atom stereocenters. The number of aliphatic hydroxyl groups excluding tert-OH is 1. The number of phosphoric acid groups is 1. The number of aliphatic hydroxyl groups is 1. The number of hydrogen-bond donors (Lipinski definition) is 4. The molecule has 7 nitrogen and oxygen atoms in total. The van der Waals surface area contributed by atoms with Gasteiger partial charge in [0.15, 0.2) is 0 Å². The van der Waals surface area contributed by atoms with Crippen molar-refractivity contribution in [3.05, 3.63) is 60.8 Å². The first kappa shape index (κ1) is 46.2. The smallest absolute Gasteiger partial charge is 0.387 e. The molecule has 0 aliphatic carbocycles. The molecule has 0 saturated heterocycles. The summed E-state index contributed by atoms with van der Waals surface area (Å²) in [5, 5.41) is 13.3. The van der Waals surface area contributed by atoms with Gasteiger partial charge < -0.3 is 20.2 Å². The fourth-order valence-electron chi connectivity index (χ4n) is 5.27. The molecule has 0 rings (SSSR count). The van der Waals surface area contributed by atoms with Crippen LogP contribution in [0.5, 0.6) is 0 Å². The van der Waals surface area contributed by atoms with Gasteiger partial charge in [-0.25, -0.2) is 4.57 Å². The number of carbonyl (C=O) groups is 1. The van der Waals surface area contributed by atoms with Gasteiger partial charge in [0.25, 0.3) is 0 Å². The summed E-state index contributed by atoms with van der Waals surface area (Å²) in [6, 6.07) is -0.940. The molecule has 0 aliphatic rings. The minimum Gasteiger partial charge on any atom is -0.387 e. The Bertz CT molecular complexity index is 923. The molecule has 1 amide bonds. The summed E-state index contributed by atoms with van der Waals surface area (Å²) in [5.74, 6) is -0.284. The van der Waals surface area contributed by atoms with E-state index in [1.54, 1.807) is 6.08 Å². The summed E-state index contributed by atoms with van der Waals surface area (Å²) in [6.07, 6.45) is 46.8. The van der Waals surface area contributed by atoms with Crippen LogP contribution in [-0.2, 0) is 13.9 Å². The Kier molecular flexibility index (Phi) is 33.8. The van der Waals surface area contributed by atoms with Gasteiger partial charge in [-0.1, -0.05) is 164 Å². The third-order valence-electron chi connectivity index (χ3n) is 8.22. The largest absolute Gasteiger partial charge is 0.469 e. The molecular weight excluding hydrogens is 621 g/mol. The van der Waals surface area contributed by atoms with E-state index in [0.29, 0.717) is 6.42 Å². The molecule has 0 spiro atoms. The lowest BCUT2D eigenvalue weighted by atomic mass is 10.1. The SMILES string of the molecule is CCCCCCCCC/C=C/C/C=C/C/C=C/C/C=C/CCCC(=O)N[C@@H](COP(=O)(O)O)[C@H](O)/C=C/CCCCCCCCCCC. The Hall–Kier alpha value is -1.76. The van der Waals surface area contributed by atoms with Gasteiger partial charge in [0.05, 0.1) is 18.8 Å². The van der Waals surface area contributed by atoms with Crippen LogP contribution in [0.3, 0.4) is 0 Å². The van der Waals surface area contributed by atoms with Crippen LogP contribution in [0.1, 0.15) is 168 Å². The number of carbonyl (C=O) groups excluding carboxylic acids is 1. The summed E-state index contributed by atoms with van der Waals surface area (Å²) in [6.45, 7) is 4.01. The summed E-state index contributed by atoms with van der Waals surface area (Å²) in [7, 11) is -4.73. The lowest BCUT2D eigenvalue weighted by Crippen LogP contribution is -2.45. The Morgan fingerprint density at radius 1 is 0.604 bits per heavy atom. The predicted octanol–water partition coefficient (Wildman–Crippen LogP) is 11.1. The molecular formula is C40H72NO6P. The monoisotopic (exact) mass is 694 g/mol. The number of amides is 1. The predicted molar refractivity (Wildman–Crippen MR) is 204 cm³/mol. The van der Waals surface area contributed by atoms with Gasteiger partial charge in [-0.3, -0.25) is 9.32 Å².